The molecule has 1 aromatic rings. The first-order valence-electron chi connectivity index (χ1n) is 7.48. The van der Waals surface area contributed by atoms with E-state index < -0.39 is 28.0 Å². The fourth-order valence-corrected chi connectivity index (χ4v) is 4.40. The first-order chi connectivity index (χ1) is 10.5. The summed E-state index contributed by atoms with van der Waals surface area (Å²) in [5, 5.41) is 9.09. The largest absolute Gasteiger partial charge is 0.481 e. The Kier molecular flexibility index (Phi) is 4.06. The molecule has 1 fully saturated rings. The predicted octanol–water partition coefficient (Wildman–Crippen LogP) is 2.26. The number of carbonyl (C=O) groups is 1. The normalized spacial score (nSPS) is 25.1. The average molecular weight is 321 g/mol. The quantitative estimate of drug-likeness (QED) is 0.815. The highest BCUT2D eigenvalue weighted by Gasteiger charge is 2.32. The molecule has 0 aliphatic heterocycles. The first kappa shape index (κ1) is 15.2. The van der Waals surface area contributed by atoms with Gasteiger partial charge in [-0.05, 0) is 43.2 Å². The van der Waals surface area contributed by atoms with Gasteiger partial charge in [-0.15, -0.1) is 0 Å². The van der Waals surface area contributed by atoms with Crippen LogP contribution in [0.1, 0.15) is 37.2 Å². The third-order valence-electron chi connectivity index (χ3n) is 4.21. The lowest BCUT2D eigenvalue weighted by atomic mass is 9.92. The zero-order chi connectivity index (χ0) is 15.7. The van der Waals surface area contributed by atoms with Gasteiger partial charge in [0.1, 0.15) is 0 Å². The van der Waals surface area contributed by atoms with Crippen LogP contribution >= 0.6 is 0 Å². The third-order valence-corrected chi connectivity index (χ3v) is 5.77. The molecular formula is C16H19NO4S. The van der Waals surface area contributed by atoms with E-state index in [1.54, 1.807) is 24.3 Å². The molecular weight excluding hydrogens is 302 g/mol. The van der Waals surface area contributed by atoms with Crippen molar-refractivity contribution in [3.63, 3.8) is 0 Å². The monoisotopic (exact) mass is 321 g/mol. The minimum Gasteiger partial charge on any atom is -0.481 e. The number of carboxylic acid groups (broad SMARTS) is 1. The van der Waals surface area contributed by atoms with E-state index in [-0.39, 0.29) is 6.42 Å². The molecule has 2 aliphatic carbocycles. The van der Waals surface area contributed by atoms with Crippen molar-refractivity contribution in [2.75, 3.05) is 0 Å². The summed E-state index contributed by atoms with van der Waals surface area (Å²) in [6.45, 7) is 0. The molecule has 2 atom stereocenters. The van der Waals surface area contributed by atoms with E-state index in [9.17, 15) is 13.2 Å². The van der Waals surface area contributed by atoms with Crippen LogP contribution in [0.15, 0.2) is 41.3 Å². The molecule has 3 rings (SSSR count). The molecule has 0 radical (unpaired) electrons. The molecule has 1 aromatic carbocycles. The number of hydrogen-bond donors (Lipinski definition) is 2. The van der Waals surface area contributed by atoms with E-state index in [2.05, 4.69) is 4.72 Å². The molecule has 22 heavy (non-hydrogen) atoms. The average Bonchev–Trinajstić information content (AvgIpc) is 3.31. The Morgan fingerprint density at radius 1 is 1.23 bits per heavy atom. The summed E-state index contributed by atoms with van der Waals surface area (Å²) in [6.07, 6.45) is 6.27. The smallest absolute Gasteiger partial charge is 0.306 e. The van der Waals surface area contributed by atoms with Gasteiger partial charge in [0.2, 0.25) is 10.0 Å². The topological polar surface area (TPSA) is 83.5 Å². The van der Waals surface area contributed by atoms with E-state index in [1.807, 2.05) is 12.1 Å². The maximum absolute atomic E-state index is 12.6. The number of aliphatic carboxylic acids is 1. The number of benzene rings is 1. The molecule has 0 unspecified atom stereocenters. The van der Waals surface area contributed by atoms with Crippen molar-refractivity contribution in [1.82, 2.24) is 4.72 Å². The molecule has 118 valence electrons. The number of nitrogens with one attached hydrogen (secondary N) is 1. The summed E-state index contributed by atoms with van der Waals surface area (Å²) < 4.78 is 27.9. The van der Waals surface area contributed by atoms with E-state index in [0.717, 1.165) is 18.4 Å². The van der Waals surface area contributed by atoms with Gasteiger partial charge in [0.25, 0.3) is 0 Å². The van der Waals surface area contributed by atoms with E-state index in [1.165, 1.54) is 0 Å². The molecule has 0 saturated heterocycles. The van der Waals surface area contributed by atoms with Crippen LogP contribution < -0.4 is 4.72 Å². The van der Waals surface area contributed by atoms with Crippen LogP contribution in [0, 0.1) is 5.92 Å². The van der Waals surface area contributed by atoms with Crippen LogP contribution in [0.3, 0.4) is 0 Å². The minimum absolute atomic E-state index is 0.288. The lowest BCUT2D eigenvalue weighted by Crippen LogP contribution is -2.38. The van der Waals surface area contributed by atoms with Crippen molar-refractivity contribution in [2.24, 2.45) is 5.92 Å². The van der Waals surface area contributed by atoms with Crippen LogP contribution in [-0.2, 0) is 14.8 Å². The van der Waals surface area contributed by atoms with Crippen molar-refractivity contribution in [2.45, 2.75) is 42.5 Å². The Morgan fingerprint density at radius 3 is 2.64 bits per heavy atom. The third kappa shape index (κ3) is 3.23. The van der Waals surface area contributed by atoms with E-state index in [0.29, 0.717) is 17.2 Å². The molecule has 1 saturated carbocycles. The number of hydrogen-bond acceptors (Lipinski definition) is 3. The van der Waals surface area contributed by atoms with Crippen molar-refractivity contribution in [3.8, 4) is 0 Å². The van der Waals surface area contributed by atoms with Gasteiger partial charge < -0.3 is 5.11 Å². The molecule has 2 N–H and O–H groups in total. The van der Waals surface area contributed by atoms with Gasteiger partial charge >= 0.3 is 5.97 Å². The minimum atomic E-state index is -3.64. The molecule has 0 amide bonds. The summed E-state index contributed by atoms with van der Waals surface area (Å²) >= 11 is 0. The SMILES string of the molecule is O=C(O)[C@@H]1CC=C[C@@H](NS(=O)(=O)c2ccccc2C2CC2)C1. The maximum Gasteiger partial charge on any atom is 0.306 e. The Bertz CT molecular complexity index is 707. The van der Waals surface area contributed by atoms with Gasteiger partial charge in [-0.2, -0.15) is 0 Å². The Labute approximate surface area is 130 Å². The number of sulfonamides is 1. The Balaban J connectivity index is 1.81. The highest BCUT2D eigenvalue weighted by atomic mass is 32.2. The van der Waals surface area contributed by atoms with Gasteiger partial charge in [-0.1, -0.05) is 30.4 Å². The molecule has 0 bridgehead atoms. The first-order valence-corrected chi connectivity index (χ1v) is 8.96. The fraction of sp³-hybridized carbons (Fsp3) is 0.438. The fourth-order valence-electron chi connectivity index (χ4n) is 2.90. The summed E-state index contributed by atoms with van der Waals surface area (Å²) in [4.78, 5) is 11.4. The molecule has 0 heterocycles. The standard InChI is InChI=1S/C16H19NO4S/c18-16(19)12-4-3-5-13(10-12)17-22(20,21)15-7-2-1-6-14(15)11-8-9-11/h1-3,5-7,11-13,17H,4,8-10H2,(H,18,19)/t12-,13-/m1/s1. The van der Waals surface area contributed by atoms with Crippen molar-refractivity contribution in [1.29, 1.82) is 0 Å². The summed E-state index contributed by atoms with van der Waals surface area (Å²) in [5.41, 5.74) is 0.865. The predicted molar refractivity (Wildman–Crippen MR) is 82.0 cm³/mol. The maximum atomic E-state index is 12.6. The van der Waals surface area contributed by atoms with E-state index >= 15 is 0 Å². The molecule has 2 aliphatic rings. The lowest BCUT2D eigenvalue weighted by molar-refractivity contribution is -0.142. The molecule has 0 spiro atoms. The van der Waals surface area contributed by atoms with Crippen LogP contribution in [-0.4, -0.2) is 25.5 Å². The second-order valence-electron chi connectivity index (χ2n) is 5.97. The highest BCUT2D eigenvalue weighted by molar-refractivity contribution is 7.89. The highest BCUT2D eigenvalue weighted by Crippen LogP contribution is 2.42. The molecule has 5 nitrogen and oxygen atoms in total. The van der Waals surface area contributed by atoms with Crippen molar-refractivity contribution in [3.05, 3.63) is 42.0 Å². The number of carboxylic acids is 1. The molecule has 0 aromatic heterocycles. The van der Waals surface area contributed by atoms with Crippen LogP contribution in [0.4, 0.5) is 0 Å². The van der Waals surface area contributed by atoms with Crippen LogP contribution in [0.2, 0.25) is 0 Å². The second kappa shape index (κ2) is 5.85. The number of allylic oxidation sites excluding steroid dienone is 1. The summed E-state index contributed by atoms with van der Waals surface area (Å²) in [5.74, 6) is -1.08. The summed E-state index contributed by atoms with van der Waals surface area (Å²) in [6, 6.07) is 6.59. The van der Waals surface area contributed by atoms with Gasteiger partial charge in [0.05, 0.1) is 10.8 Å². The molecule has 6 heteroatoms. The van der Waals surface area contributed by atoms with Gasteiger partial charge in [-0.3, -0.25) is 4.79 Å². The zero-order valence-corrected chi connectivity index (χ0v) is 12.9. The van der Waals surface area contributed by atoms with Crippen LogP contribution in [0.25, 0.3) is 0 Å². The Hall–Kier alpha value is -1.66. The second-order valence-corrected chi connectivity index (χ2v) is 7.66. The van der Waals surface area contributed by atoms with Crippen molar-refractivity contribution >= 4 is 16.0 Å². The van der Waals surface area contributed by atoms with Gasteiger partial charge in [-0.25, -0.2) is 13.1 Å². The zero-order valence-electron chi connectivity index (χ0n) is 12.1. The van der Waals surface area contributed by atoms with Crippen molar-refractivity contribution < 1.29 is 18.3 Å². The van der Waals surface area contributed by atoms with Gasteiger partial charge in [0.15, 0.2) is 0 Å². The number of rotatable bonds is 5. The lowest BCUT2D eigenvalue weighted by Gasteiger charge is -2.23. The summed E-state index contributed by atoms with van der Waals surface area (Å²) in [7, 11) is -3.64. The van der Waals surface area contributed by atoms with Crippen LogP contribution in [0.5, 0.6) is 0 Å². The van der Waals surface area contributed by atoms with E-state index in [4.69, 9.17) is 5.11 Å². The Morgan fingerprint density at radius 2 is 1.95 bits per heavy atom. The van der Waals surface area contributed by atoms with Gasteiger partial charge in [0, 0.05) is 6.04 Å².